The Bertz CT molecular complexity index is 942. The van der Waals surface area contributed by atoms with Gasteiger partial charge in [0.25, 0.3) is 0 Å². The van der Waals surface area contributed by atoms with Gasteiger partial charge in [0.1, 0.15) is 6.54 Å². The first kappa shape index (κ1) is 14.4. The number of aromatic nitrogens is 4. The highest BCUT2D eigenvalue weighted by molar-refractivity contribution is 5.87. The number of aromatic carboxylic acids is 1. The third-order valence-corrected chi connectivity index (χ3v) is 4.32. The molecule has 0 atom stereocenters. The summed E-state index contributed by atoms with van der Waals surface area (Å²) in [6, 6.07) is 7.73. The van der Waals surface area contributed by atoms with Gasteiger partial charge in [-0.2, -0.15) is 10.2 Å². The summed E-state index contributed by atoms with van der Waals surface area (Å²) in [5, 5.41) is 20.9. The Kier molecular flexibility index (Phi) is 3.30. The molecule has 1 amide bonds. The van der Waals surface area contributed by atoms with Gasteiger partial charge in [0.15, 0.2) is 5.69 Å². The Hall–Kier alpha value is -3.16. The number of hydrogen-bond acceptors (Lipinski definition) is 4. The highest BCUT2D eigenvalue weighted by Crippen LogP contribution is 2.21. The summed E-state index contributed by atoms with van der Waals surface area (Å²) in [5.41, 5.74) is 2.35. The van der Waals surface area contributed by atoms with Crippen LogP contribution in [0.25, 0.3) is 10.9 Å². The third-order valence-electron chi connectivity index (χ3n) is 4.32. The standard InChI is InChI=1S/C16H15N5O3/c22-14(9-21-13-4-2-1-3-10(13)7-17-21)20-6-5-11-12(8-20)18-19-15(11)16(23)24/h1-4,7H,5-6,8-9H2,(H,18,19)(H,23,24). The number of carbonyl (C=O) groups is 2. The summed E-state index contributed by atoms with van der Waals surface area (Å²) in [7, 11) is 0. The molecule has 0 radical (unpaired) electrons. The normalized spacial score (nSPS) is 13.9. The Labute approximate surface area is 136 Å². The van der Waals surface area contributed by atoms with E-state index in [0.717, 1.165) is 10.9 Å². The van der Waals surface area contributed by atoms with Gasteiger partial charge < -0.3 is 10.0 Å². The topological polar surface area (TPSA) is 104 Å². The number of carboxylic acids is 1. The number of aromatic amines is 1. The third kappa shape index (κ3) is 2.32. The number of fused-ring (bicyclic) bond motifs is 2. The molecule has 0 bridgehead atoms. The van der Waals surface area contributed by atoms with Crippen molar-refractivity contribution in [2.75, 3.05) is 6.54 Å². The number of rotatable bonds is 3. The molecular weight excluding hydrogens is 310 g/mol. The van der Waals surface area contributed by atoms with Crippen molar-refractivity contribution < 1.29 is 14.7 Å². The van der Waals surface area contributed by atoms with Gasteiger partial charge in [0.2, 0.25) is 5.91 Å². The fraction of sp³-hybridized carbons (Fsp3) is 0.250. The molecule has 1 aliphatic rings. The molecule has 1 aromatic carbocycles. The lowest BCUT2D eigenvalue weighted by Gasteiger charge is -2.26. The Morgan fingerprint density at radius 2 is 2.12 bits per heavy atom. The predicted octanol–water partition coefficient (Wildman–Crippen LogP) is 1.04. The lowest BCUT2D eigenvalue weighted by molar-refractivity contribution is -0.132. The number of nitrogens with zero attached hydrogens (tertiary/aromatic N) is 4. The minimum absolute atomic E-state index is 0.0511. The zero-order valence-electron chi connectivity index (χ0n) is 12.8. The SMILES string of the molecule is O=C(O)c1n[nH]c2c1CCN(C(=O)Cn1ncc3ccccc31)C2. The van der Waals surface area contributed by atoms with Crippen LogP contribution in [0.5, 0.6) is 0 Å². The molecule has 0 spiro atoms. The van der Waals surface area contributed by atoms with Crippen molar-refractivity contribution in [2.45, 2.75) is 19.5 Å². The number of H-pyrrole nitrogens is 1. The van der Waals surface area contributed by atoms with E-state index in [1.54, 1.807) is 15.8 Å². The molecule has 1 aliphatic heterocycles. The van der Waals surface area contributed by atoms with E-state index in [-0.39, 0.29) is 18.1 Å². The van der Waals surface area contributed by atoms with Gasteiger partial charge in [0.05, 0.1) is 24.0 Å². The van der Waals surface area contributed by atoms with Gasteiger partial charge in [-0.15, -0.1) is 0 Å². The maximum absolute atomic E-state index is 12.6. The molecule has 8 heteroatoms. The second kappa shape index (κ2) is 5.48. The lowest BCUT2D eigenvalue weighted by Crippen LogP contribution is -2.38. The van der Waals surface area contributed by atoms with Crippen molar-refractivity contribution in [1.29, 1.82) is 0 Å². The van der Waals surface area contributed by atoms with E-state index in [9.17, 15) is 9.59 Å². The first-order valence-corrected chi connectivity index (χ1v) is 7.61. The van der Waals surface area contributed by atoms with Gasteiger partial charge in [-0.05, 0) is 12.5 Å². The van der Waals surface area contributed by atoms with Crippen molar-refractivity contribution in [2.24, 2.45) is 0 Å². The molecule has 3 heterocycles. The van der Waals surface area contributed by atoms with E-state index >= 15 is 0 Å². The van der Waals surface area contributed by atoms with Crippen LogP contribution in [-0.2, 0) is 24.3 Å². The Morgan fingerprint density at radius 1 is 1.29 bits per heavy atom. The highest BCUT2D eigenvalue weighted by Gasteiger charge is 2.27. The molecule has 3 aromatic rings. The molecule has 0 unspecified atom stereocenters. The summed E-state index contributed by atoms with van der Waals surface area (Å²) in [4.78, 5) is 25.4. The number of benzene rings is 1. The quantitative estimate of drug-likeness (QED) is 0.749. The molecule has 122 valence electrons. The van der Waals surface area contributed by atoms with Crippen LogP contribution in [0.4, 0.5) is 0 Å². The number of nitrogens with one attached hydrogen (secondary N) is 1. The number of amides is 1. The monoisotopic (exact) mass is 325 g/mol. The minimum Gasteiger partial charge on any atom is -0.476 e. The second-order valence-electron chi connectivity index (χ2n) is 5.76. The maximum Gasteiger partial charge on any atom is 0.356 e. The molecule has 0 aliphatic carbocycles. The molecule has 0 saturated heterocycles. The van der Waals surface area contributed by atoms with Gasteiger partial charge in [-0.25, -0.2) is 4.79 Å². The van der Waals surface area contributed by atoms with E-state index in [0.29, 0.717) is 30.8 Å². The molecule has 24 heavy (non-hydrogen) atoms. The smallest absolute Gasteiger partial charge is 0.356 e. The van der Waals surface area contributed by atoms with Crippen molar-refractivity contribution in [3.05, 3.63) is 47.4 Å². The van der Waals surface area contributed by atoms with Crippen molar-refractivity contribution in [3.8, 4) is 0 Å². The van der Waals surface area contributed by atoms with E-state index in [4.69, 9.17) is 5.11 Å². The van der Waals surface area contributed by atoms with E-state index in [1.807, 2.05) is 24.3 Å². The van der Waals surface area contributed by atoms with Crippen LogP contribution in [0.1, 0.15) is 21.7 Å². The largest absolute Gasteiger partial charge is 0.476 e. The summed E-state index contributed by atoms with van der Waals surface area (Å²) in [6.45, 7) is 0.973. The fourth-order valence-corrected chi connectivity index (χ4v) is 3.09. The summed E-state index contributed by atoms with van der Waals surface area (Å²) < 4.78 is 1.68. The van der Waals surface area contributed by atoms with Crippen LogP contribution in [0.15, 0.2) is 30.5 Å². The fourth-order valence-electron chi connectivity index (χ4n) is 3.09. The first-order valence-electron chi connectivity index (χ1n) is 7.61. The predicted molar refractivity (Wildman–Crippen MR) is 84.4 cm³/mol. The van der Waals surface area contributed by atoms with Crippen LogP contribution in [-0.4, -0.2) is 48.4 Å². The maximum atomic E-state index is 12.6. The summed E-state index contributed by atoms with van der Waals surface area (Å²) in [5.74, 6) is -1.10. The Balaban J connectivity index is 1.52. The molecule has 4 rings (SSSR count). The number of hydrogen-bond donors (Lipinski definition) is 2. The second-order valence-corrected chi connectivity index (χ2v) is 5.76. The molecule has 2 N–H and O–H groups in total. The zero-order valence-corrected chi connectivity index (χ0v) is 12.8. The van der Waals surface area contributed by atoms with Gasteiger partial charge in [0, 0.05) is 17.5 Å². The van der Waals surface area contributed by atoms with Crippen LogP contribution < -0.4 is 0 Å². The van der Waals surface area contributed by atoms with Crippen molar-refractivity contribution >= 4 is 22.8 Å². The number of carbonyl (C=O) groups excluding carboxylic acids is 1. The molecule has 2 aromatic heterocycles. The minimum atomic E-state index is -1.05. The van der Waals surface area contributed by atoms with Crippen LogP contribution in [0, 0.1) is 0 Å². The van der Waals surface area contributed by atoms with Crippen LogP contribution in [0.3, 0.4) is 0 Å². The van der Waals surface area contributed by atoms with Gasteiger partial charge in [-0.1, -0.05) is 18.2 Å². The summed E-state index contributed by atoms with van der Waals surface area (Å²) in [6.07, 6.45) is 2.23. The summed E-state index contributed by atoms with van der Waals surface area (Å²) >= 11 is 0. The lowest BCUT2D eigenvalue weighted by atomic mass is 10.0. The average molecular weight is 325 g/mol. The van der Waals surface area contributed by atoms with E-state index < -0.39 is 5.97 Å². The molecule has 0 saturated carbocycles. The number of para-hydroxylation sites is 1. The molecule has 8 nitrogen and oxygen atoms in total. The van der Waals surface area contributed by atoms with Crippen LogP contribution >= 0.6 is 0 Å². The first-order chi connectivity index (χ1) is 11.6. The Morgan fingerprint density at radius 3 is 2.96 bits per heavy atom. The van der Waals surface area contributed by atoms with Crippen molar-refractivity contribution in [1.82, 2.24) is 24.9 Å². The zero-order chi connectivity index (χ0) is 16.7. The molecular formula is C16H15N5O3. The van der Waals surface area contributed by atoms with Gasteiger partial charge >= 0.3 is 5.97 Å². The molecule has 0 fully saturated rings. The van der Waals surface area contributed by atoms with Crippen molar-refractivity contribution in [3.63, 3.8) is 0 Å². The highest BCUT2D eigenvalue weighted by atomic mass is 16.4. The van der Waals surface area contributed by atoms with E-state index in [1.165, 1.54) is 0 Å². The number of carboxylic acid groups (broad SMARTS) is 1. The van der Waals surface area contributed by atoms with Crippen LogP contribution in [0.2, 0.25) is 0 Å². The average Bonchev–Trinajstić information content (AvgIpc) is 3.18. The van der Waals surface area contributed by atoms with Gasteiger partial charge in [-0.3, -0.25) is 14.6 Å². The van der Waals surface area contributed by atoms with E-state index in [2.05, 4.69) is 15.3 Å².